The van der Waals surface area contributed by atoms with Gasteiger partial charge in [0.1, 0.15) is 5.82 Å². The van der Waals surface area contributed by atoms with Crippen LogP contribution in [-0.2, 0) is 13.1 Å². The number of aliphatic imine (C=N–C) groups is 1. The topological polar surface area (TPSA) is 58.5 Å². The van der Waals surface area contributed by atoms with Crippen LogP contribution in [0.3, 0.4) is 0 Å². The predicted octanol–water partition coefficient (Wildman–Crippen LogP) is 3.42. The number of alkyl halides is 3. The summed E-state index contributed by atoms with van der Waals surface area (Å²) in [7, 11) is 0. The molecule has 1 aromatic carbocycles. The lowest BCUT2D eigenvalue weighted by Gasteiger charge is -2.11. The monoisotopic (exact) mass is 384 g/mol. The minimum atomic E-state index is -4.40. The van der Waals surface area contributed by atoms with Gasteiger partial charge in [-0.2, -0.15) is 13.2 Å². The van der Waals surface area contributed by atoms with E-state index in [1.165, 1.54) is 24.4 Å². The summed E-state index contributed by atoms with van der Waals surface area (Å²) in [4.78, 5) is 8.23. The second-order valence-corrected chi connectivity index (χ2v) is 5.58. The van der Waals surface area contributed by atoms with Crippen LogP contribution in [0.1, 0.15) is 18.1 Å². The summed E-state index contributed by atoms with van der Waals surface area (Å²) in [5.74, 6) is 0.162. The standard InChI is InChI=1S/C18H20F4N4O/c1-2-23-17(25-9-13-3-6-15(19)7-4-13)26-11-14-5-8-16(24-10-14)27-12-18(20,21)22/h3-8,10H,2,9,11-12H2,1H3,(H2,23,25,26). The van der Waals surface area contributed by atoms with E-state index >= 15 is 0 Å². The molecule has 0 aliphatic rings. The summed E-state index contributed by atoms with van der Waals surface area (Å²) < 4.78 is 53.8. The van der Waals surface area contributed by atoms with Gasteiger partial charge in [-0.05, 0) is 30.2 Å². The second-order valence-electron chi connectivity index (χ2n) is 5.58. The van der Waals surface area contributed by atoms with Crippen molar-refractivity contribution in [1.82, 2.24) is 15.6 Å². The van der Waals surface area contributed by atoms with E-state index in [1.807, 2.05) is 6.92 Å². The Hall–Kier alpha value is -2.84. The molecular formula is C18H20F4N4O. The van der Waals surface area contributed by atoms with E-state index in [9.17, 15) is 17.6 Å². The number of aromatic nitrogens is 1. The van der Waals surface area contributed by atoms with Crippen molar-refractivity contribution in [2.24, 2.45) is 4.99 Å². The average molecular weight is 384 g/mol. The van der Waals surface area contributed by atoms with Crippen LogP contribution < -0.4 is 15.4 Å². The Balaban J connectivity index is 1.90. The zero-order valence-electron chi connectivity index (χ0n) is 14.7. The summed E-state index contributed by atoms with van der Waals surface area (Å²) in [6.07, 6.45) is -2.99. The molecule has 0 aliphatic heterocycles. The van der Waals surface area contributed by atoms with Gasteiger partial charge in [0.05, 0.1) is 6.54 Å². The van der Waals surface area contributed by atoms with Crippen molar-refractivity contribution >= 4 is 5.96 Å². The van der Waals surface area contributed by atoms with E-state index in [-0.39, 0.29) is 18.2 Å². The molecule has 0 amide bonds. The predicted molar refractivity (Wildman–Crippen MR) is 93.8 cm³/mol. The van der Waals surface area contributed by atoms with Crippen molar-refractivity contribution in [1.29, 1.82) is 0 Å². The number of hydrogen-bond donors (Lipinski definition) is 2. The van der Waals surface area contributed by atoms with Gasteiger partial charge in [-0.1, -0.05) is 18.2 Å². The number of nitrogens with zero attached hydrogens (tertiary/aromatic N) is 2. The van der Waals surface area contributed by atoms with Crippen LogP contribution in [0.2, 0.25) is 0 Å². The van der Waals surface area contributed by atoms with Crippen molar-refractivity contribution in [2.75, 3.05) is 13.2 Å². The summed E-state index contributed by atoms with van der Waals surface area (Å²) >= 11 is 0. The maximum absolute atomic E-state index is 12.9. The van der Waals surface area contributed by atoms with Crippen LogP contribution in [-0.4, -0.2) is 30.3 Å². The molecule has 1 aromatic heterocycles. The molecule has 0 atom stereocenters. The highest BCUT2D eigenvalue weighted by molar-refractivity contribution is 5.79. The zero-order chi connectivity index (χ0) is 19.7. The third-order valence-electron chi connectivity index (χ3n) is 3.32. The van der Waals surface area contributed by atoms with Gasteiger partial charge < -0.3 is 15.4 Å². The smallest absolute Gasteiger partial charge is 0.422 e. The Kier molecular flexibility index (Phi) is 7.39. The zero-order valence-corrected chi connectivity index (χ0v) is 14.7. The van der Waals surface area contributed by atoms with Gasteiger partial charge in [-0.3, -0.25) is 0 Å². The van der Waals surface area contributed by atoms with Gasteiger partial charge in [0, 0.05) is 25.4 Å². The lowest BCUT2D eigenvalue weighted by molar-refractivity contribution is -0.154. The van der Waals surface area contributed by atoms with Crippen molar-refractivity contribution in [3.05, 3.63) is 59.5 Å². The molecule has 2 aromatic rings. The highest BCUT2D eigenvalue weighted by Crippen LogP contribution is 2.17. The lowest BCUT2D eigenvalue weighted by Crippen LogP contribution is -2.36. The Morgan fingerprint density at radius 1 is 1.07 bits per heavy atom. The van der Waals surface area contributed by atoms with E-state index in [0.717, 1.165) is 5.56 Å². The first-order valence-corrected chi connectivity index (χ1v) is 8.27. The highest BCUT2D eigenvalue weighted by atomic mass is 19.4. The Bertz CT molecular complexity index is 731. The van der Waals surface area contributed by atoms with Gasteiger partial charge >= 0.3 is 6.18 Å². The van der Waals surface area contributed by atoms with Crippen LogP contribution in [0, 0.1) is 5.82 Å². The number of ether oxygens (including phenoxy) is 1. The molecule has 146 valence electrons. The molecule has 0 saturated carbocycles. The van der Waals surface area contributed by atoms with E-state index < -0.39 is 12.8 Å². The SMILES string of the molecule is CCNC(=NCc1ccc(OCC(F)(F)F)nc1)NCc1ccc(F)cc1. The molecule has 1 heterocycles. The largest absolute Gasteiger partial charge is 0.468 e. The maximum atomic E-state index is 12.9. The van der Waals surface area contributed by atoms with E-state index in [4.69, 9.17) is 0 Å². The maximum Gasteiger partial charge on any atom is 0.422 e. The van der Waals surface area contributed by atoms with E-state index in [0.29, 0.717) is 24.6 Å². The van der Waals surface area contributed by atoms with Crippen molar-refractivity contribution in [2.45, 2.75) is 26.2 Å². The van der Waals surface area contributed by atoms with Gasteiger partial charge in [-0.25, -0.2) is 14.4 Å². The van der Waals surface area contributed by atoms with Crippen LogP contribution in [0.5, 0.6) is 5.88 Å². The molecular weight excluding hydrogens is 364 g/mol. The van der Waals surface area contributed by atoms with E-state index in [2.05, 4.69) is 25.3 Å². The highest BCUT2D eigenvalue weighted by Gasteiger charge is 2.28. The lowest BCUT2D eigenvalue weighted by atomic mass is 10.2. The van der Waals surface area contributed by atoms with Crippen LogP contribution in [0.15, 0.2) is 47.6 Å². The fourth-order valence-electron chi connectivity index (χ4n) is 2.05. The van der Waals surface area contributed by atoms with Crippen molar-refractivity contribution in [3.63, 3.8) is 0 Å². The number of pyridine rings is 1. The molecule has 0 saturated heterocycles. The molecule has 0 aliphatic carbocycles. The molecule has 27 heavy (non-hydrogen) atoms. The van der Waals surface area contributed by atoms with Gasteiger partial charge in [0.2, 0.25) is 5.88 Å². The molecule has 0 radical (unpaired) electrons. The van der Waals surface area contributed by atoms with Crippen LogP contribution >= 0.6 is 0 Å². The first-order valence-electron chi connectivity index (χ1n) is 8.27. The average Bonchev–Trinajstić information content (AvgIpc) is 2.64. The third-order valence-corrected chi connectivity index (χ3v) is 3.32. The quantitative estimate of drug-likeness (QED) is 0.436. The summed E-state index contributed by atoms with van der Waals surface area (Å²) in [6.45, 7) is 1.94. The number of benzene rings is 1. The Morgan fingerprint density at radius 2 is 1.78 bits per heavy atom. The molecule has 0 unspecified atom stereocenters. The van der Waals surface area contributed by atoms with Crippen LogP contribution in [0.25, 0.3) is 0 Å². The van der Waals surface area contributed by atoms with Gasteiger partial charge in [0.15, 0.2) is 12.6 Å². The first-order chi connectivity index (χ1) is 12.9. The molecule has 0 bridgehead atoms. The number of hydrogen-bond acceptors (Lipinski definition) is 3. The number of halogens is 4. The number of guanidine groups is 1. The van der Waals surface area contributed by atoms with Gasteiger partial charge in [0.25, 0.3) is 0 Å². The summed E-state index contributed by atoms with van der Waals surface area (Å²) in [5.41, 5.74) is 1.61. The second kappa shape index (κ2) is 9.75. The fourth-order valence-corrected chi connectivity index (χ4v) is 2.05. The van der Waals surface area contributed by atoms with Crippen molar-refractivity contribution in [3.8, 4) is 5.88 Å². The van der Waals surface area contributed by atoms with Gasteiger partial charge in [-0.15, -0.1) is 0 Å². The fraction of sp³-hybridized carbons (Fsp3) is 0.333. The van der Waals surface area contributed by atoms with Crippen LogP contribution in [0.4, 0.5) is 17.6 Å². The van der Waals surface area contributed by atoms with Crippen molar-refractivity contribution < 1.29 is 22.3 Å². The Labute approximate surface area is 154 Å². The minimum Gasteiger partial charge on any atom is -0.468 e. The molecule has 0 fully saturated rings. The summed E-state index contributed by atoms with van der Waals surface area (Å²) in [6, 6.07) is 9.09. The molecule has 2 rings (SSSR count). The molecule has 0 spiro atoms. The van der Waals surface area contributed by atoms with E-state index in [1.54, 1.807) is 18.2 Å². The molecule has 9 heteroatoms. The first kappa shape index (κ1) is 20.5. The molecule has 5 nitrogen and oxygen atoms in total. The molecule has 2 N–H and O–H groups in total. The summed E-state index contributed by atoms with van der Waals surface area (Å²) in [5, 5.41) is 6.20. The number of rotatable bonds is 7. The third kappa shape index (κ3) is 7.93. The number of nitrogens with one attached hydrogen (secondary N) is 2. The minimum absolute atomic E-state index is 0.0959. The normalized spacial score (nSPS) is 12.0. The Morgan fingerprint density at radius 3 is 2.37 bits per heavy atom.